The minimum Gasteiger partial charge on any atom is -0.258 e. The molecule has 0 aliphatic rings. The van der Waals surface area contributed by atoms with Crippen molar-refractivity contribution >= 4 is 61.8 Å². The van der Waals surface area contributed by atoms with Crippen LogP contribution in [0, 0.1) is 10.1 Å². The molecule has 0 fully saturated rings. The number of hydrogen-bond acceptors (Lipinski definition) is 6. The predicted molar refractivity (Wildman–Crippen MR) is 94.0 cm³/mol. The van der Waals surface area contributed by atoms with E-state index in [1.807, 2.05) is 24.3 Å². The maximum Gasteiger partial charge on any atom is 0.288 e. The number of nitrogens with zero attached hydrogens (tertiary/aromatic N) is 3. The molecule has 0 amide bonds. The van der Waals surface area contributed by atoms with Crippen LogP contribution in [0.5, 0.6) is 0 Å². The zero-order valence-corrected chi connectivity index (χ0v) is 13.7. The van der Waals surface area contributed by atoms with Crippen LogP contribution >= 0.6 is 34.5 Å². The van der Waals surface area contributed by atoms with Crippen LogP contribution < -0.4 is 5.43 Å². The number of rotatable bonds is 4. The smallest absolute Gasteiger partial charge is 0.258 e. The van der Waals surface area contributed by atoms with E-state index >= 15 is 0 Å². The van der Waals surface area contributed by atoms with Crippen molar-refractivity contribution in [3.05, 3.63) is 62.1 Å². The third-order valence-corrected chi connectivity index (χ3v) is 4.62. The van der Waals surface area contributed by atoms with Crippen molar-refractivity contribution in [2.45, 2.75) is 0 Å². The molecule has 3 rings (SSSR count). The zero-order chi connectivity index (χ0) is 16.4. The van der Waals surface area contributed by atoms with Gasteiger partial charge in [-0.25, -0.2) is 4.98 Å². The molecule has 3 aromatic rings. The van der Waals surface area contributed by atoms with E-state index in [1.165, 1.54) is 29.7 Å². The summed E-state index contributed by atoms with van der Waals surface area (Å²) in [6.07, 6.45) is 1.34. The lowest BCUT2D eigenvalue weighted by Gasteiger charge is -2.02. The second kappa shape index (κ2) is 6.49. The number of benzene rings is 2. The van der Waals surface area contributed by atoms with Gasteiger partial charge in [-0.15, -0.1) is 0 Å². The van der Waals surface area contributed by atoms with Gasteiger partial charge in [0, 0.05) is 11.6 Å². The van der Waals surface area contributed by atoms with Crippen LogP contribution in [-0.4, -0.2) is 16.1 Å². The van der Waals surface area contributed by atoms with Gasteiger partial charge >= 0.3 is 0 Å². The van der Waals surface area contributed by atoms with Crippen molar-refractivity contribution < 1.29 is 4.92 Å². The fourth-order valence-electron chi connectivity index (χ4n) is 1.89. The Morgan fingerprint density at radius 1 is 1.26 bits per heavy atom. The number of fused-ring (bicyclic) bond motifs is 1. The Labute approximate surface area is 144 Å². The van der Waals surface area contributed by atoms with Crippen LogP contribution in [0.25, 0.3) is 10.2 Å². The summed E-state index contributed by atoms with van der Waals surface area (Å²) >= 11 is 13.4. The van der Waals surface area contributed by atoms with Crippen LogP contribution in [0.2, 0.25) is 10.0 Å². The number of nitrogens with one attached hydrogen (secondary N) is 1. The molecule has 1 aromatic heterocycles. The number of para-hydroxylation sites is 1. The van der Waals surface area contributed by atoms with E-state index in [9.17, 15) is 10.1 Å². The van der Waals surface area contributed by atoms with Gasteiger partial charge in [-0.2, -0.15) is 5.10 Å². The summed E-state index contributed by atoms with van der Waals surface area (Å²) in [6, 6.07) is 10.3. The van der Waals surface area contributed by atoms with Crippen molar-refractivity contribution in [3.8, 4) is 0 Å². The first-order valence-electron chi connectivity index (χ1n) is 6.33. The molecular formula is C14H8Cl2N4O2S. The van der Waals surface area contributed by atoms with Crippen LogP contribution in [0.1, 0.15) is 5.56 Å². The maximum absolute atomic E-state index is 10.9. The first-order chi connectivity index (χ1) is 11.1. The summed E-state index contributed by atoms with van der Waals surface area (Å²) in [5.41, 5.74) is 3.69. The number of nitro groups is 1. The van der Waals surface area contributed by atoms with E-state index in [1.54, 1.807) is 0 Å². The second-order valence-electron chi connectivity index (χ2n) is 4.41. The van der Waals surface area contributed by atoms with Gasteiger partial charge in [-0.05, 0) is 18.2 Å². The largest absolute Gasteiger partial charge is 0.288 e. The molecule has 0 saturated carbocycles. The Bertz CT molecular complexity index is 893. The highest BCUT2D eigenvalue weighted by molar-refractivity contribution is 7.22. The number of nitro benzene ring substituents is 1. The van der Waals surface area contributed by atoms with Crippen molar-refractivity contribution in [2.75, 3.05) is 5.43 Å². The maximum atomic E-state index is 10.9. The predicted octanol–water partition coefficient (Wildman–Crippen LogP) is 4.96. The van der Waals surface area contributed by atoms with E-state index in [0.717, 1.165) is 10.2 Å². The summed E-state index contributed by atoms with van der Waals surface area (Å²) in [5, 5.41) is 15.7. The van der Waals surface area contributed by atoms with Gasteiger partial charge in [0.15, 0.2) is 0 Å². The Kier molecular flexibility index (Phi) is 4.42. The molecule has 0 atom stereocenters. The summed E-state index contributed by atoms with van der Waals surface area (Å²) in [7, 11) is 0. The molecule has 1 N–H and O–H groups in total. The van der Waals surface area contributed by atoms with Gasteiger partial charge in [0.25, 0.3) is 5.69 Å². The third kappa shape index (κ3) is 3.26. The Morgan fingerprint density at radius 3 is 2.78 bits per heavy atom. The van der Waals surface area contributed by atoms with Gasteiger partial charge in [0.2, 0.25) is 5.13 Å². The minimum atomic E-state index is -0.572. The molecule has 0 aliphatic carbocycles. The normalized spacial score (nSPS) is 11.2. The number of halogens is 2. The number of hydrazone groups is 1. The van der Waals surface area contributed by atoms with Crippen LogP contribution in [0.15, 0.2) is 41.5 Å². The zero-order valence-electron chi connectivity index (χ0n) is 11.4. The fraction of sp³-hybridized carbons (Fsp3) is 0. The van der Waals surface area contributed by atoms with Crippen LogP contribution in [-0.2, 0) is 0 Å². The first kappa shape index (κ1) is 15.7. The molecule has 6 nitrogen and oxygen atoms in total. The molecule has 23 heavy (non-hydrogen) atoms. The topological polar surface area (TPSA) is 80.4 Å². The highest BCUT2D eigenvalue weighted by Gasteiger charge is 2.17. The molecule has 0 saturated heterocycles. The first-order valence-corrected chi connectivity index (χ1v) is 7.90. The molecule has 2 aromatic carbocycles. The molecule has 9 heteroatoms. The van der Waals surface area contributed by atoms with E-state index < -0.39 is 4.92 Å². The fourth-order valence-corrected chi connectivity index (χ4v) is 3.24. The van der Waals surface area contributed by atoms with Crippen molar-refractivity contribution in [1.82, 2.24) is 4.98 Å². The molecule has 0 spiro atoms. The standard InChI is InChI=1S/C14H8Cl2N4O2S/c15-9-5-6-11(20(21)22)13(16)8(9)7-17-19-14-18-10-3-1-2-4-12(10)23-14/h1-7H,(H,18,19). The minimum absolute atomic E-state index is 0.0580. The summed E-state index contributed by atoms with van der Waals surface area (Å²) in [5.74, 6) is 0. The summed E-state index contributed by atoms with van der Waals surface area (Å²) < 4.78 is 1.02. The number of anilines is 1. The van der Waals surface area contributed by atoms with Gasteiger partial charge in [-0.1, -0.05) is 46.7 Å². The van der Waals surface area contributed by atoms with E-state index in [-0.39, 0.29) is 21.3 Å². The molecule has 0 unspecified atom stereocenters. The molecule has 116 valence electrons. The second-order valence-corrected chi connectivity index (χ2v) is 6.22. The number of thiazole rings is 1. The number of hydrogen-bond donors (Lipinski definition) is 1. The molecule has 1 heterocycles. The van der Waals surface area contributed by atoms with Crippen LogP contribution in [0.3, 0.4) is 0 Å². The Morgan fingerprint density at radius 2 is 2.04 bits per heavy atom. The van der Waals surface area contributed by atoms with Gasteiger partial charge in [-0.3, -0.25) is 15.5 Å². The number of aromatic nitrogens is 1. The molecular weight excluding hydrogens is 359 g/mol. The lowest BCUT2D eigenvalue weighted by molar-refractivity contribution is -0.384. The van der Waals surface area contributed by atoms with E-state index in [2.05, 4.69) is 15.5 Å². The van der Waals surface area contributed by atoms with Gasteiger partial charge in [0.05, 0.1) is 26.4 Å². The monoisotopic (exact) mass is 366 g/mol. The van der Waals surface area contributed by atoms with E-state index in [0.29, 0.717) is 5.13 Å². The average Bonchev–Trinajstić information content (AvgIpc) is 2.92. The SMILES string of the molecule is O=[N+]([O-])c1ccc(Cl)c(C=NNc2nc3ccccc3s2)c1Cl. The molecule has 0 radical (unpaired) electrons. The average molecular weight is 367 g/mol. The Hall–Kier alpha value is -2.22. The van der Waals surface area contributed by atoms with Gasteiger partial charge < -0.3 is 0 Å². The lowest BCUT2D eigenvalue weighted by atomic mass is 10.2. The van der Waals surface area contributed by atoms with Crippen molar-refractivity contribution in [2.24, 2.45) is 5.10 Å². The highest BCUT2D eigenvalue weighted by atomic mass is 35.5. The molecule has 0 bridgehead atoms. The van der Waals surface area contributed by atoms with Gasteiger partial charge in [0.1, 0.15) is 5.02 Å². The summed E-state index contributed by atoms with van der Waals surface area (Å²) in [6.45, 7) is 0. The Balaban J connectivity index is 1.85. The van der Waals surface area contributed by atoms with E-state index in [4.69, 9.17) is 23.2 Å². The molecule has 0 aliphatic heterocycles. The highest BCUT2D eigenvalue weighted by Crippen LogP contribution is 2.32. The summed E-state index contributed by atoms with van der Waals surface area (Å²) in [4.78, 5) is 14.7. The lowest BCUT2D eigenvalue weighted by Crippen LogP contribution is -1.96. The van der Waals surface area contributed by atoms with Crippen molar-refractivity contribution in [3.63, 3.8) is 0 Å². The third-order valence-electron chi connectivity index (χ3n) is 2.95. The van der Waals surface area contributed by atoms with Crippen LogP contribution in [0.4, 0.5) is 10.8 Å². The van der Waals surface area contributed by atoms with Crippen molar-refractivity contribution in [1.29, 1.82) is 0 Å². The quantitative estimate of drug-likeness (QED) is 0.402.